The first-order valence-electron chi connectivity index (χ1n) is 6.21. The first kappa shape index (κ1) is 15.0. The zero-order valence-corrected chi connectivity index (χ0v) is 11.9. The smallest absolute Gasteiger partial charge is 0.344 e. The summed E-state index contributed by atoms with van der Waals surface area (Å²) >= 11 is 0. The molecule has 112 valence electrons. The van der Waals surface area contributed by atoms with Gasteiger partial charge in [0.25, 0.3) is 0 Å². The van der Waals surface area contributed by atoms with Crippen molar-refractivity contribution in [2.75, 3.05) is 5.73 Å². The van der Waals surface area contributed by atoms with Crippen LogP contribution in [0.4, 0.5) is 14.6 Å². The van der Waals surface area contributed by atoms with E-state index in [1.807, 2.05) is 0 Å². The standard InChI is InChI=1S/C14H15F2N3O2/c1-14(2,3)21-13(20)11-7-18-19(12(11)17)10-5-8(15)4-9(16)6-10/h4-7H,17H2,1-3H3. The quantitative estimate of drug-likeness (QED) is 0.865. The Labute approximate surface area is 120 Å². The van der Waals surface area contributed by atoms with Gasteiger partial charge in [-0.1, -0.05) is 0 Å². The minimum absolute atomic E-state index is 0.0367. The molecule has 0 amide bonds. The molecule has 1 heterocycles. The molecule has 0 aliphatic rings. The largest absolute Gasteiger partial charge is 0.456 e. The summed E-state index contributed by atoms with van der Waals surface area (Å²) in [6.07, 6.45) is 1.20. The highest BCUT2D eigenvalue weighted by Gasteiger charge is 2.23. The maximum absolute atomic E-state index is 13.2. The first-order valence-corrected chi connectivity index (χ1v) is 6.21. The van der Waals surface area contributed by atoms with Crippen molar-refractivity contribution < 1.29 is 18.3 Å². The molecule has 0 spiro atoms. The van der Waals surface area contributed by atoms with Crippen molar-refractivity contribution in [3.05, 3.63) is 41.6 Å². The predicted octanol–water partition coefficient (Wildman–Crippen LogP) is 2.69. The fraction of sp³-hybridized carbons (Fsp3) is 0.286. The lowest BCUT2D eigenvalue weighted by molar-refractivity contribution is 0.00708. The SMILES string of the molecule is CC(C)(C)OC(=O)c1cnn(-c2cc(F)cc(F)c2)c1N. The van der Waals surface area contributed by atoms with E-state index < -0.39 is 23.2 Å². The third-order valence-corrected chi connectivity index (χ3v) is 2.52. The molecule has 0 saturated carbocycles. The Morgan fingerprint density at radius 3 is 2.33 bits per heavy atom. The number of aromatic nitrogens is 2. The summed E-state index contributed by atoms with van der Waals surface area (Å²) in [6, 6.07) is 2.86. The second-order valence-electron chi connectivity index (χ2n) is 5.48. The second kappa shape index (κ2) is 5.16. The molecule has 0 fully saturated rings. The lowest BCUT2D eigenvalue weighted by atomic mass is 10.2. The van der Waals surface area contributed by atoms with Crippen LogP contribution in [-0.4, -0.2) is 21.4 Å². The van der Waals surface area contributed by atoms with Crippen LogP contribution in [0.3, 0.4) is 0 Å². The van der Waals surface area contributed by atoms with Gasteiger partial charge in [0.15, 0.2) is 0 Å². The molecule has 2 rings (SSSR count). The molecule has 1 aromatic carbocycles. The van der Waals surface area contributed by atoms with E-state index in [4.69, 9.17) is 10.5 Å². The van der Waals surface area contributed by atoms with Gasteiger partial charge in [-0.25, -0.2) is 18.3 Å². The lowest BCUT2D eigenvalue weighted by Crippen LogP contribution is -2.24. The number of nitrogen functional groups attached to an aromatic ring is 1. The van der Waals surface area contributed by atoms with E-state index in [1.165, 1.54) is 6.20 Å². The average molecular weight is 295 g/mol. The van der Waals surface area contributed by atoms with Crippen molar-refractivity contribution in [3.8, 4) is 5.69 Å². The molecule has 5 nitrogen and oxygen atoms in total. The molecular weight excluding hydrogens is 280 g/mol. The molecule has 1 aromatic heterocycles. The molecule has 0 atom stereocenters. The molecule has 2 N–H and O–H groups in total. The van der Waals surface area contributed by atoms with Gasteiger partial charge in [0.2, 0.25) is 0 Å². The number of carbonyl (C=O) groups excluding carboxylic acids is 1. The Hall–Kier alpha value is -2.44. The van der Waals surface area contributed by atoms with E-state index >= 15 is 0 Å². The maximum Gasteiger partial charge on any atom is 0.344 e. The molecule has 7 heteroatoms. The van der Waals surface area contributed by atoms with Gasteiger partial charge in [-0.2, -0.15) is 5.10 Å². The number of nitrogens with two attached hydrogens (primary N) is 1. The van der Waals surface area contributed by atoms with Crippen LogP contribution >= 0.6 is 0 Å². The van der Waals surface area contributed by atoms with Gasteiger partial charge in [0.1, 0.15) is 28.6 Å². The number of benzene rings is 1. The third-order valence-electron chi connectivity index (χ3n) is 2.52. The molecular formula is C14H15F2N3O2. The summed E-state index contributed by atoms with van der Waals surface area (Å²) in [6.45, 7) is 5.15. The number of esters is 1. The van der Waals surface area contributed by atoms with Gasteiger partial charge >= 0.3 is 5.97 Å². The van der Waals surface area contributed by atoms with Gasteiger partial charge in [-0.05, 0) is 32.9 Å². The molecule has 0 saturated heterocycles. The van der Waals surface area contributed by atoms with E-state index in [-0.39, 0.29) is 17.1 Å². The normalized spacial score (nSPS) is 11.5. The Kier molecular flexibility index (Phi) is 3.67. The summed E-state index contributed by atoms with van der Waals surface area (Å²) in [7, 11) is 0. The Balaban J connectivity index is 2.39. The zero-order chi connectivity index (χ0) is 15.8. The van der Waals surface area contributed by atoms with Crippen LogP contribution in [0.15, 0.2) is 24.4 Å². The molecule has 0 bridgehead atoms. The molecule has 0 aliphatic carbocycles. The van der Waals surface area contributed by atoms with Crippen LogP contribution in [0.1, 0.15) is 31.1 Å². The van der Waals surface area contributed by atoms with Crippen LogP contribution in [-0.2, 0) is 4.74 Å². The van der Waals surface area contributed by atoms with Gasteiger partial charge in [-0.3, -0.25) is 0 Å². The van der Waals surface area contributed by atoms with Gasteiger partial charge < -0.3 is 10.5 Å². The monoisotopic (exact) mass is 295 g/mol. The van der Waals surface area contributed by atoms with Crippen LogP contribution < -0.4 is 5.73 Å². The van der Waals surface area contributed by atoms with Gasteiger partial charge in [-0.15, -0.1) is 0 Å². The molecule has 0 radical (unpaired) electrons. The predicted molar refractivity (Wildman–Crippen MR) is 73.1 cm³/mol. The highest BCUT2D eigenvalue weighted by molar-refractivity contribution is 5.94. The topological polar surface area (TPSA) is 70.1 Å². The molecule has 0 unspecified atom stereocenters. The number of halogens is 2. The fourth-order valence-corrected chi connectivity index (χ4v) is 1.72. The minimum Gasteiger partial charge on any atom is -0.456 e. The zero-order valence-electron chi connectivity index (χ0n) is 11.9. The highest BCUT2D eigenvalue weighted by Crippen LogP contribution is 2.21. The summed E-state index contributed by atoms with van der Waals surface area (Å²) in [5.74, 6) is -2.23. The van der Waals surface area contributed by atoms with Crippen LogP contribution in [0.5, 0.6) is 0 Å². The fourth-order valence-electron chi connectivity index (χ4n) is 1.72. The van der Waals surface area contributed by atoms with Crippen molar-refractivity contribution in [2.24, 2.45) is 0 Å². The van der Waals surface area contributed by atoms with Crippen LogP contribution in [0.25, 0.3) is 5.69 Å². The highest BCUT2D eigenvalue weighted by atomic mass is 19.1. The number of hydrogen-bond donors (Lipinski definition) is 1. The van der Waals surface area contributed by atoms with Crippen molar-refractivity contribution in [2.45, 2.75) is 26.4 Å². The Morgan fingerprint density at radius 1 is 1.24 bits per heavy atom. The number of ether oxygens (including phenoxy) is 1. The van der Waals surface area contributed by atoms with Crippen LogP contribution in [0, 0.1) is 11.6 Å². The van der Waals surface area contributed by atoms with Crippen molar-refractivity contribution in [1.29, 1.82) is 0 Å². The number of anilines is 1. The number of rotatable bonds is 2. The second-order valence-corrected chi connectivity index (χ2v) is 5.48. The molecule has 21 heavy (non-hydrogen) atoms. The van der Waals surface area contributed by atoms with Gasteiger partial charge in [0.05, 0.1) is 11.9 Å². The van der Waals surface area contributed by atoms with Crippen LogP contribution in [0.2, 0.25) is 0 Å². The molecule has 2 aromatic rings. The molecule has 0 aliphatic heterocycles. The van der Waals surface area contributed by atoms with Gasteiger partial charge in [0, 0.05) is 6.07 Å². The van der Waals surface area contributed by atoms with Crippen molar-refractivity contribution in [1.82, 2.24) is 9.78 Å². The summed E-state index contributed by atoms with van der Waals surface area (Å²) < 4.78 is 32.7. The van der Waals surface area contributed by atoms with Crippen molar-refractivity contribution in [3.63, 3.8) is 0 Å². The van der Waals surface area contributed by atoms with E-state index in [9.17, 15) is 13.6 Å². The Bertz CT molecular complexity index is 670. The number of hydrogen-bond acceptors (Lipinski definition) is 4. The average Bonchev–Trinajstić information content (AvgIpc) is 2.67. The first-order chi connectivity index (χ1) is 9.67. The number of nitrogens with zero attached hydrogens (tertiary/aromatic N) is 2. The third kappa shape index (κ3) is 3.36. The Morgan fingerprint density at radius 2 is 1.81 bits per heavy atom. The summed E-state index contributed by atoms with van der Waals surface area (Å²) in [4.78, 5) is 12.0. The van der Waals surface area contributed by atoms with E-state index in [1.54, 1.807) is 20.8 Å². The summed E-state index contributed by atoms with van der Waals surface area (Å²) in [5.41, 5.74) is 5.25. The maximum atomic E-state index is 13.2. The number of carbonyl (C=O) groups is 1. The lowest BCUT2D eigenvalue weighted by Gasteiger charge is -2.19. The van der Waals surface area contributed by atoms with Crippen molar-refractivity contribution >= 4 is 11.8 Å². The summed E-state index contributed by atoms with van der Waals surface area (Å²) in [5, 5.41) is 3.88. The van der Waals surface area contributed by atoms with E-state index in [0.717, 1.165) is 22.9 Å². The van der Waals surface area contributed by atoms with E-state index in [0.29, 0.717) is 0 Å². The minimum atomic E-state index is -0.765. The van der Waals surface area contributed by atoms with E-state index in [2.05, 4.69) is 5.10 Å².